The number of carboxylic acids is 1. The molecular formula is C19H16ClN3O2. The summed E-state index contributed by atoms with van der Waals surface area (Å²) in [5, 5.41) is 9.49. The molecule has 6 heteroatoms. The molecule has 0 unspecified atom stereocenters. The molecule has 0 spiro atoms. The first-order valence-electron chi connectivity index (χ1n) is 7.64. The van der Waals surface area contributed by atoms with E-state index in [2.05, 4.69) is 9.98 Å². The smallest absolute Gasteiger partial charge is 0.335 e. The van der Waals surface area contributed by atoms with E-state index < -0.39 is 5.97 Å². The first-order valence-corrected chi connectivity index (χ1v) is 8.02. The van der Waals surface area contributed by atoms with Gasteiger partial charge in [-0.1, -0.05) is 17.7 Å². The van der Waals surface area contributed by atoms with Crippen molar-refractivity contribution < 1.29 is 9.90 Å². The van der Waals surface area contributed by atoms with Crippen molar-refractivity contribution in [1.29, 1.82) is 0 Å². The molecular weight excluding hydrogens is 338 g/mol. The molecule has 0 atom stereocenters. The normalized spacial score (nSPS) is 11.2. The van der Waals surface area contributed by atoms with Crippen LogP contribution in [0.3, 0.4) is 0 Å². The zero-order valence-electron chi connectivity index (χ0n) is 13.8. The van der Waals surface area contributed by atoms with Crippen molar-refractivity contribution in [2.45, 2.75) is 13.8 Å². The Balaban J connectivity index is 1.98. The molecule has 0 saturated carbocycles. The number of aliphatic imine (C=N–C) groups is 1. The number of aromatic carboxylic acids is 1. The van der Waals surface area contributed by atoms with Crippen LogP contribution >= 0.6 is 11.6 Å². The SMILES string of the molecule is Cc1cc(C=Nc2cc(C(=O)O)ccc2Cl)c(C)n1-c1ccccn1. The van der Waals surface area contributed by atoms with Crippen LogP contribution in [0.1, 0.15) is 27.3 Å². The van der Waals surface area contributed by atoms with Gasteiger partial charge in [0.25, 0.3) is 0 Å². The fraction of sp³-hybridized carbons (Fsp3) is 0.105. The molecule has 3 rings (SSSR count). The maximum atomic E-state index is 11.1. The Bertz CT molecular complexity index is 962. The van der Waals surface area contributed by atoms with Crippen LogP contribution in [0.2, 0.25) is 5.02 Å². The number of halogens is 1. The Morgan fingerprint density at radius 1 is 1.24 bits per heavy atom. The van der Waals surface area contributed by atoms with E-state index in [0.29, 0.717) is 10.7 Å². The summed E-state index contributed by atoms with van der Waals surface area (Å²) >= 11 is 6.12. The number of hydrogen-bond acceptors (Lipinski definition) is 3. The van der Waals surface area contributed by atoms with Gasteiger partial charge in [0.1, 0.15) is 5.82 Å². The van der Waals surface area contributed by atoms with E-state index in [9.17, 15) is 4.79 Å². The molecule has 0 saturated heterocycles. The summed E-state index contributed by atoms with van der Waals surface area (Å²) in [4.78, 5) is 19.8. The monoisotopic (exact) mass is 353 g/mol. The minimum absolute atomic E-state index is 0.149. The lowest BCUT2D eigenvalue weighted by molar-refractivity contribution is 0.0697. The highest BCUT2D eigenvalue weighted by Gasteiger charge is 2.11. The predicted molar refractivity (Wildman–Crippen MR) is 98.7 cm³/mol. The van der Waals surface area contributed by atoms with Crippen molar-refractivity contribution >= 4 is 29.5 Å². The van der Waals surface area contributed by atoms with Gasteiger partial charge < -0.3 is 9.67 Å². The van der Waals surface area contributed by atoms with Gasteiger partial charge in [0.15, 0.2) is 0 Å². The third-order valence-corrected chi connectivity index (χ3v) is 4.20. The van der Waals surface area contributed by atoms with Crippen LogP contribution in [0, 0.1) is 13.8 Å². The Kier molecular flexibility index (Phi) is 4.67. The van der Waals surface area contributed by atoms with Crippen molar-refractivity contribution in [3.8, 4) is 5.82 Å². The number of pyridine rings is 1. The average Bonchev–Trinajstić information content (AvgIpc) is 2.88. The van der Waals surface area contributed by atoms with Crippen LogP contribution < -0.4 is 0 Å². The second-order valence-electron chi connectivity index (χ2n) is 5.58. The standard InChI is InChI=1S/C19H16ClN3O2/c1-12-9-15(13(2)23(12)18-5-3-4-8-21-18)11-22-17-10-14(19(24)25)6-7-16(17)20/h3-11H,1-2H3,(H,24,25). The number of carboxylic acid groups (broad SMARTS) is 1. The number of benzene rings is 1. The van der Waals surface area contributed by atoms with Crippen molar-refractivity contribution in [3.63, 3.8) is 0 Å². The summed E-state index contributed by atoms with van der Waals surface area (Å²) in [5.74, 6) is -0.176. The van der Waals surface area contributed by atoms with Gasteiger partial charge in [-0.25, -0.2) is 9.78 Å². The highest BCUT2D eigenvalue weighted by molar-refractivity contribution is 6.33. The Morgan fingerprint density at radius 3 is 2.72 bits per heavy atom. The summed E-state index contributed by atoms with van der Waals surface area (Å²) in [6.45, 7) is 3.98. The van der Waals surface area contributed by atoms with E-state index in [-0.39, 0.29) is 5.56 Å². The summed E-state index contributed by atoms with van der Waals surface area (Å²) in [5.41, 5.74) is 3.51. The molecule has 0 aliphatic rings. The topological polar surface area (TPSA) is 67.5 Å². The van der Waals surface area contributed by atoms with E-state index in [1.165, 1.54) is 18.2 Å². The molecule has 2 heterocycles. The molecule has 0 amide bonds. The van der Waals surface area contributed by atoms with Gasteiger partial charge in [-0.05, 0) is 50.2 Å². The molecule has 2 aromatic heterocycles. The van der Waals surface area contributed by atoms with Crippen LogP contribution in [0.25, 0.3) is 5.82 Å². The van der Waals surface area contributed by atoms with Gasteiger partial charge in [0.05, 0.1) is 16.3 Å². The van der Waals surface area contributed by atoms with E-state index >= 15 is 0 Å². The number of nitrogens with zero attached hydrogens (tertiary/aromatic N) is 3. The van der Waals surface area contributed by atoms with Gasteiger partial charge in [0.2, 0.25) is 0 Å². The fourth-order valence-corrected chi connectivity index (χ4v) is 2.81. The molecule has 5 nitrogen and oxygen atoms in total. The van der Waals surface area contributed by atoms with Crippen LogP contribution in [-0.2, 0) is 0 Å². The molecule has 0 fully saturated rings. The predicted octanol–water partition coefficient (Wildman–Crippen LogP) is 4.59. The lowest BCUT2D eigenvalue weighted by Crippen LogP contribution is -2.01. The number of carbonyl (C=O) groups is 1. The zero-order valence-corrected chi connectivity index (χ0v) is 14.5. The molecule has 126 valence electrons. The highest BCUT2D eigenvalue weighted by Crippen LogP contribution is 2.26. The van der Waals surface area contributed by atoms with E-state index in [0.717, 1.165) is 22.8 Å². The van der Waals surface area contributed by atoms with Crippen LogP contribution in [0.5, 0.6) is 0 Å². The highest BCUT2D eigenvalue weighted by atomic mass is 35.5. The zero-order chi connectivity index (χ0) is 18.0. The van der Waals surface area contributed by atoms with Crippen molar-refractivity contribution in [2.75, 3.05) is 0 Å². The Morgan fingerprint density at radius 2 is 2.04 bits per heavy atom. The molecule has 0 aliphatic carbocycles. The van der Waals surface area contributed by atoms with Crippen molar-refractivity contribution in [3.05, 3.63) is 76.2 Å². The summed E-state index contributed by atoms with van der Waals surface area (Å²) in [7, 11) is 0. The summed E-state index contributed by atoms with van der Waals surface area (Å²) in [6.07, 6.45) is 3.44. The van der Waals surface area contributed by atoms with Gasteiger partial charge in [-0.2, -0.15) is 0 Å². The second kappa shape index (κ2) is 6.91. The van der Waals surface area contributed by atoms with Crippen LogP contribution in [0.15, 0.2) is 53.7 Å². The Hall–Kier alpha value is -2.92. The molecule has 1 aromatic carbocycles. The van der Waals surface area contributed by atoms with Crippen LogP contribution in [-0.4, -0.2) is 26.8 Å². The first-order chi connectivity index (χ1) is 12.0. The largest absolute Gasteiger partial charge is 0.478 e. The maximum Gasteiger partial charge on any atom is 0.335 e. The van der Waals surface area contributed by atoms with Gasteiger partial charge >= 0.3 is 5.97 Å². The van der Waals surface area contributed by atoms with E-state index in [1.54, 1.807) is 12.4 Å². The van der Waals surface area contributed by atoms with Crippen molar-refractivity contribution in [2.24, 2.45) is 4.99 Å². The minimum atomic E-state index is -1.01. The number of rotatable bonds is 4. The molecule has 1 N–H and O–H groups in total. The number of hydrogen-bond donors (Lipinski definition) is 1. The Labute approximate surface area is 150 Å². The van der Waals surface area contributed by atoms with Gasteiger partial charge in [0, 0.05) is 29.4 Å². The van der Waals surface area contributed by atoms with Gasteiger partial charge in [-0.15, -0.1) is 0 Å². The minimum Gasteiger partial charge on any atom is -0.478 e. The average molecular weight is 354 g/mol. The van der Waals surface area contributed by atoms with E-state index in [4.69, 9.17) is 16.7 Å². The molecule has 25 heavy (non-hydrogen) atoms. The molecule has 0 bridgehead atoms. The first kappa shape index (κ1) is 16.9. The number of aryl methyl sites for hydroxylation is 1. The van der Waals surface area contributed by atoms with Crippen molar-refractivity contribution in [1.82, 2.24) is 9.55 Å². The number of aromatic nitrogens is 2. The van der Waals surface area contributed by atoms with E-state index in [1.807, 2.05) is 42.7 Å². The lowest BCUT2D eigenvalue weighted by Gasteiger charge is -2.07. The summed E-state index contributed by atoms with van der Waals surface area (Å²) < 4.78 is 2.04. The molecule has 3 aromatic rings. The molecule has 0 radical (unpaired) electrons. The quantitative estimate of drug-likeness (QED) is 0.697. The maximum absolute atomic E-state index is 11.1. The third kappa shape index (κ3) is 3.46. The lowest BCUT2D eigenvalue weighted by atomic mass is 10.2. The fourth-order valence-electron chi connectivity index (χ4n) is 2.64. The second-order valence-corrected chi connectivity index (χ2v) is 5.99. The summed E-state index contributed by atoms with van der Waals surface area (Å²) in [6, 6.07) is 12.2. The third-order valence-electron chi connectivity index (χ3n) is 3.88. The van der Waals surface area contributed by atoms with Crippen LogP contribution in [0.4, 0.5) is 5.69 Å². The van der Waals surface area contributed by atoms with Gasteiger partial charge in [-0.3, -0.25) is 4.99 Å². The molecule has 0 aliphatic heterocycles.